The van der Waals surface area contributed by atoms with Gasteiger partial charge >= 0.3 is 5.97 Å². The fourth-order valence-electron chi connectivity index (χ4n) is 1.93. The molecular formula is C14H17NO4. The van der Waals surface area contributed by atoms with Gasteiger partial charge in [-0.15, -0.1) is 0 Å². The number of carbonyl (C=O) groups is 2. The maximum atomic E-state index is 11.8. The largest absolute Gasteiger partial charge is 0.478 e. The SMILES string of the molecule is CCO[C@H]1C[C@H]1C(=O)NCc1ccc(C(=O)O)cc1. The van der Waals surface area contributed by atoms with E-state index in [0.29, 0.717) is 13.2 Å². The van der Waals surface area contributed by atoms with Gasteiger partial charge in [-0.05, 0) is 31.0 Å². The summed E-state index contributed by atoms with van der Waals surface area (Å²) in [6, 6.07) is 6.47. The molecule has 0 radical (unpaired) electrons. The van der Waals surface area contributed by atoms with Gasteiger partial charge in [0.05, 0.1) is 17.6 Å². The van der Waals surface area contributed by atoms with Gasteiger partial charge in [-0.2, -0.15) is 0 Å². The predicted octanol–water partition coefficient (Wildman–Crippen LogP) is 1.43. The van der Waals surface area contributed by atoms with Crippen molar-refractivity contribution < 1.29 is 19.4 Å². The van der Waals surface area contributed by atoms with Crippen LogP contribution in [-0.2, 0) is 16.1 Å². The van der Waals surface area contributed by atoms with E-state index in [1.807, 2.05) is 6.92 Å². The molecule has 1 aromatic carbocycles. The highest BCUT2D eigenvalue weighted by molar-refractivity contribution is 5.87. The first-order valence-corrected chi connectivity index (χ1v) is 6.33. The van der Waals surface area contributed by atoms with Gasteiger partial charge in [0, 0.05) is 13.2 Å². The molecule has 2 N–H and O–H groups in total. The van der Waals surface area contributed by atoms with E-state index in [2.05, 4.69) is 5.32 Å². The number of hydrogen-bond donors (Lipinski definition) is 2. The fraction of sp³-hybridized carbons (Fsp3) is 0.429. The predicted molar refractivity (Wildman–Crippen MR) is 68.8 cm³/mol. The van der Waals surface area contributed by atoms with E-state index in [0.717, 1.165) is 12.0 Å². The summed E-state index contributed by atoms with van der Waals surface area (Å²) in [5, 5.41) is 11.6. The van der Waals surface area contributed by atoms with Crippen LogP contribution >= 0.6 is 0 Å². The molecule has 1 amide bonds. The molecule has 0 heterocycles. The first kappa shape index (κ1) is 13.5. The molecule has 0 aliphatic heterocycles. The van der Waals surface area contributed by atoms with Gasteiger partial charge in [0.25, 0.3) is 0 Å². The average molecular weight is 263 g/mol. The molecule has 5 nitrogen and oxygen atoms in total. The van der Waals surface area contributed by atoms with Crippen molar-refractivity contribution in [2.45, 2.75) is 26.0 Å². The molecule has 0 unspecified atom stereocenters. The lowest BCUT2D eigenvalue weighted by molar-refractivity contribution is -0.123. The van der Waals surface area contributed by atoms with Crippen molar-refractivity contribution in [3.05, 3.63) is 35.4 Å². The van der Waals surface area contributed by atoms with Crippen LogP contribution in [0.1, 0.15) is 29.3 Å². The van der Waals surface area contributed by atoms with Crippen molar-refractivity contribution in [1.82, 2.24) is 5.32 Å². The molecule has 2 rings (SSSR count). The standard InChI is InChI=1S/C14H17NO4/c1-2-19-12-7-11(12)13(16)15-8-9-3-5-10(6-4-9)14(17)18/h3-6,11-12H,2,7-8H2,1H3,(H,15,16)(H,17,18)/t11-,12+/m1/s1. The number of aromatic carboxylic acids is 1. The minimum atomic E-state index is -0.951. The Kier molecular flexibility index (Phi) is 4.16. The van der Waals surface area contributed by atoms with Crippen LogP contribution in [0.25, 0.3) is 0 Å². The van der Waals surface area contributed by atoms with Crippen molar-refractivity contribution in [2.24, 2.45) is 5.92 Å². The van der Waals surface area contributed by atoms with Crippen LogP contribution in [0.3, 0.4) is 0 Å². The molecule has 1 aliphatic carbocycles. The Labute approximate surface area is 111 Å². The molecular weight excluding hydrogens is 246 g/mol. The lowest BCUT2D eigenvalue weighted by atomic mass is 10.1. The molecule has 0 aromatic heterocycles. The maximum absolute atomic E-state index is 11.8. The third-order valence-electron chi connectivity index (χ3n) is 3.12. The van der Waals surface area contributed by atoms with Crippen molar-refractivity contribution in [3.8, 4) is 0 Å². The summed E-state index contributed by atoms with van der Waals surface area (Å²) >= 11 is 0. The normalized spacial score (nSPS) is 20.9. The zero-order valence-electron chi connectivity index (χ0n) is 10.8. The van der Waals surface area contributed by atoms with Gasteiger partial charge in [0.1, 0.15) is 0 Å². The molecule has 1 saturated carbocycles. The molecule has 5 heteroatoms. The Balaban J connectivity index is 1.79. The Morgan fingerprint density at radius 1 is 1.37 bits per heavy atom. The van der Waals surface area contributed by atoms with Crippen molar-refractivity contribution in [2.75, 3.05) is 6.61 Å². The van der Waals surface area contributed by atoms with Gasteiger partial charge in [0.15, 0.2) is 0 Å². The van der Waals surface area contributed by atoms with Gasteiger partial charge in [0.2, 0.25) is 5.91 Å². The summed E-state index contributed by atoms with van der Waals surface area (Å²) in [6.45, 7) is 2.95. The second-order valence-electron chi connectivity index (χ2n) is 4.56. The van der Waals surface area contributed by atoms with E-state index < -0.39 is 5.97 Å². The molecule has 1 fully saturated rings. The van der Waals surface area contributed by atoms with Gasteiger partial charge in [-0.1, -0.05) is 12.1 Å². The third kappa shape index (κ3) is 3.54. The number of carboxylic acids is 1. The second-order valence-corrected chi connectivity index (χ2v) is 4.56. The van der Waals surface area contributed by atoms with Crippen LogP contribution < -0.4 is 5.32 Å². The Morgan fingerprint density at radius 3 is 2.63 bits per heavy atom. The number of amides is 1. The molecule has 1 aromatic rings. The van der Waals surface area contributed by atoms with Crippen molar-refractivity contribution >= 4 is 11.9 Å². The fourth-order valence-corrected chi connectivity index (χ4v) is 1.93. The number of rotatable bonds is 6. The Bertz CT molecular complexity index is 469. The van der Waals surface area contributed by atoms with E-state index in [9.17, 15) is 9.59 Å². The van der Waals surface area contributed by atoms with Crippen LogP contribution in [0.4, 0.5) is 0 Å². The van der Waals surface area contributed by atoms with Crippen LogP contribution in [0, 0.1) is 5.92 Å². The molecule has 1 aliphatic rings. The van der Waals surface area contributed by atoms with Crippen LogP contribution in [0.15, 0.2) is 24.3 Å². The summed E-state index contributed by atoms with van der Waals surface area (Å²) in [4.78, 5) is 22.4. The first-order valence-electron chi connectivity index (χ1n) is 6.33. The lowest BCUT2D eigenvalue weighted by Crippen LogP contribution is -2.26. The monoisotopic (exact) mass is 263 g/mol. The number of nitrogens with one attached hydrogen (secondary N) is 1. The topological polar surface area (TPSA) is 75.6 Å². The summed E-state index contributed by atoms with van der Waals surface area (Å²) in [5.41, 5.74) is 1.13. The minimum absolute atomic E-state index is 0.000705. The molecule has 0 bridgehead atoms. The van der Waals surface area contributed by atoms with Gasteiger partial charge in [-0.25, -0.2) is 4.79 Å². The maximum Gasteiger partial charge on any atom is 0.335 e. The number of carboxylic acid groups (broad SMARTS) is 1. The second kappa shape index (κ2) is 5.84. The van der Waals surface area contributed by atoms with E-state index >= 15 is 0 Å². The van der Waals surface area contributed by atoms with Gasteiger partial charge in [-0.3, -0.25) is 4.79 Å². The Morgan fingerprint density at radius 2 is 2.05 bits per heavy atom. The number of benzene rings is 1. The molecule has 0 spiro atoms. The van der Waals surface area contributed by atoms with E-state index in [-0.39, 0.29) is 23.5 Å². The van der Waals surface area contributed by atoms with Crippen LogP contribution in [0.5, 0.6) is 0 Å². The number of hydrogen-bond acceptors (Lipinski definition) is 3. The molecule has 2 atom stereocenters. The highest BCUT2D eigenvalue weighted by Crippen LogP contribution is 2.33. The minimum Gasteiger partial charge on any atom is -0.478 e. The zero-order chi connectivity index (χ0) is 13.8. The van der Waals surface area contributed by atoms with Crippen molar-refractivity contribution in [3.63, 3.8) is 0 Å². The first-order chi connectivity index (χ1) is 9.11. The molecule has 102 valence electrons. The third-order valence-corrected chi connectivity index (χ3v) is 3.12. The summed E-state index contributed by atoms with van der Waals surface area (Å²) in [6.07, 6.45) is 0.858. The quantitative estimate of drug-likeness (QED) is 0.814. The summed E-state index contributed by atoms with van der Waals surface area (Å²) in [5.74, 6) is -0.980. The summed E-state index contributed by atoms with van der Waals surface area (Å²) in [7, 11) is 0. The summed E-state index contributed by atoms with van der Waals surface area (Å²) < 4.78 is 5.35. The highest BCUT2D eigenvalue weighted by Gasteiger charge is 2.43. The van der Waals surface area contributed by atoms with E-state index in [1.54, 1.807) is 12.1 Å². The molecule has 19 heavy (non-hydrogen) atoms. The highest BCUT2D eigenvalue weighted by atomic mass is 16.5. The van der Waals surface area contributed by atoms with Crippen LogP contribution in [-0.4, -0.2) is 29.7 Å². The smallest absolute Gasteiger partial charge is 0.335 e. The average Bonchev–Trinajstić information content (AvgIpc) is 3.16. The molecule has 0 saturated heterocycles. The van der Waals surface area contributed by atoms with E-state index in [4.69, 9.17) is 9.84 Å². The Hall–Kier alpha value is -1.88. The zero-order valence-corrected chi connectivity index (χ0v) is 10.8. The van der Waals surface area contributed by atoms with Crippen molar-refractivity contribution in [1.29, 1.82) is 0 Å². The number of carbonyl (C=O) groups excluding carboxylic acids is 1. The van der Waals surface area contributed by atoms with Crippen LogP contribution in [0.2, 0.25) is 0 Å². The number of ether oxygens (including phenoxy) is 1. The lowest BCUT2D eigenvalue weighted by Gasteiger charge is -2.05. The van der Waals surface area contributed by atoms with E-state index in [1.165, 1.54) is 12.1 Å². The van der Waals surface area contributed by atoms with Gasteiger partial charge < -0.3 is 15.2 Å².